The van der Waals surface area contributed by atoms with Gasteiger partial charge in [0.05, 0.1) is 19.7 Å². The fraction of sp³-hybridized carbons (Fsp3) is 0.200. The topological polar surface area (TPSA) is 110 Å². The lowest BCUT2D eigenvalue weighted by molar-refractivity contribution is -0.138. The Morgan fingerprint density at radius 3 is 2.87 bits per heavy atom. The smallest absolute Gasteiger partial charge is 0.305 e. The van der Waals surface area contributed by atoms with E-state index in [2.05, 4.69) is 15.5 Å². The van der Waals surface area contributed by atoms with Gasteiger partial charge in [0, 0.05) is 10.6 Å². The van der Waals surface area contributed by atoms with Crippen molar-refractivity contribution in [3.63, 3.8) is 0 Å². The normalized spacial score (nSPS) is 17.3. The number of rotatable bonds is 8. The van der Waals surface area contributed by atoms with Gasteiger partial charge in [-0.2, -0.15) is 5.10 Å². The molecule has 0 bridgehead atoms. The molecule has 0 radical (unpaired) electrons. The molecule has 10 heteroatoms. The molecular formula is C20H18ClN3O5S. The standard InChI is InChI=1S/C20H18ClN3O5S/c1-28-15-7-3-5-13(18(15)29-11-12-4-2-6-14(21)8-12)10-22-24-20-23-19(27)16(30-20)9-17(25)26/h2-8,10,16H,9,11H2,1H3,(H,25,26)(H,23,24,27)/b22-10-/t16-/m1/s1. The second-order valence-corrected chi connectivity index (χ2v) is 7.77. The molecule has 0 aromatic heterocycles. The first-order chi connectivity index (χ1) is 14.5. The van der Waals surface area contributed by atoms with Gasteiger partial charge >= 0.3 is 5.97 Å². The highest BCUT2D eigenvalue weighted by Crippen LogP contribution is 2.31. The third kappa shape index (κ3) is 5.74. The van der Waals surface area contributed by atoms with Gasteiger partial charge in [0.25, 0.3) is 0 Å². The van der Waals surface area contributed by atoms with Crippen molar-refractivity contribution in [2.75, 3.05) is 7.11 Å². The van der Waals surface area contributed by atoms with Gasteiger partial charge in [-0.3, -0.25) is 9.59 Å². The summed E-state index contributed by atoms with van der Waals surface area (Å²) in [6.45, 7) is 0.277. The summed E-state index contributed by atoms with van der Waals surface area (Å²) in [6.07, 6.45) is 1.19. The molecule has 0 unspecified atom stereocenters. The molecule has 1 atom stereocenters. The summed E-state index contributed by atoms with van der Waals surface area (Å²) in [5, 5.41) is 19.5. The van der Waals surface area contributed by atoms with E-state index in [0.717, 1.165) is 17.3 Å². The van der Waals surface area contributed by atoms with Crippen molar-refractivity contribution in [3.05, 3.63) is 58.6 Å². The summed E-state index contributed by atoms with van der Waals surface area (Å²) in [4.78, 5) is 22.6. The molecule has 1 saturated heterocycles. The third-order valence-electron chi connectivity index (χ3n) is 3.98. The van der Waals surface area contributed by atoms with Gasteiger partial charge in [-0.05, 0) is 29.8 Å². The minimum Gasteiger partial charge on any atom is -0.493 e. The van der Waals surface area contributed by atoms with Crippen LogP contribution in [0.25, 0.3) is 0 Å². The van der Waals surface area contributed by atoms with Crippen LogP contribution in [0.4, 0.5) is 0 Å². The van der Waals surface area contributed by atoms with Crippen molar-refractivity contribution in [2.24, 2.45) is 10.2 Å². The highest BCUT2D eigenvalue weighted by atomic mass is 35.5. The number of thioether (sulfide) groups is 1. The van der Waals surface area contributed by atoms with E-state index >= 15 is 0 Å². The van der Waals surface area contributed by atoms with Gasteiger partial charge in [-0.15, -0.1) is 5.10 Å². The van der Waals surface area contributed by atoms with Crippen LogP contribution in [0.5, 0.6) is 11.5 Å². The lowest BCUT2D eigenvalue weighted by Gasteiger charge is -2.13. The van der Waals surface area contributed by atoms with Crippen LogP contribution in [0.1, 0.15) is 17.5 Å². The molecule has 0 saturated carbocycles. The van der Waals surface area contributed by atoms with Crippen LogP contribution in [0.2, 0.25) is 5.02 Å². The summed E-state index contributed by atoms with van der Waals surface area (Å²) in [5.74, 6) is -0.442. The van der Waals surface area contributed by atoms with Gasteiger partial charge in [-0.25, -0.2) is 0 Å². The molecule has 2 N–H and O–H groups in total. The molecule has 156 valence electrons. The van der Waals surface area contributed by atoms with Crippen LogP contribution in [0.15, 0.2) is 52.7 Å². The quantitative estimate of drug-likeness (QED) is 0.474. The summed E-state index contributed by atoms with van der Waals surface area (Å²) < 4.78 is 11.3. The summed E-state index contributed by atoms with van der Waals surface area (Å²) >= 11 is 7.04. The Hall–Kier alpha value is -3.04. The summed E-state index contributed by atoms with van der Waals surface area (Å²) in [5.41, 5.74) is 1.52. The molecule has 1 aliphatic rings. The number of halogens is 1. The average Bonchev–Trinajstić information content (AvgIpc) is 3.05. The predicted octanol–water partition coefficient (Wildman–Crippen LogP) is 3.32. The van der Waals surface area contributed by atoms with Crippen molar-refractivity contribution in [1.29, 1.82) is 0 Å². The van der Waals surface area contributed by atoms with Crippen LogP contribution in [-0.2, 0) is 16.2 Å². The van der Waals surface area contributed by atoms with Crippen LogP contribution in [0, 0.1) is 0 Å². The molecule has 1 fully saturated rings. The monoisotopic (exact) mass is 447 g/mol. The molecule has 0 spiro atoms. The number of carbonyl (C=O) groups is 2. The zero-order valence-electron chi connectivity index (χ0n) is 15.9. The van der Waals surface area contributed by atoms with Gasteiger partial charge in [-0.1, -0.05) is 41.6 Å². The second-order valence-electron chi connectivity index (χ2n) is 6.14. The molecule has 1 aliphatic heterocycles. The molecule has 0 aliphatic carbocycles. The Labute approximate surface area is 181 Å². The van der Waals surface area contributed by atoms with E-state index in [0.29, 0.717) is 22.1 Å². The number of carbonyl (C=O) groups excluding carboxylic acids is 1. The van der Waals surface area contributed by atoms with Crippen molar-refractivity contribution in [2.45, 2.75) is 18.3 Å². The number of para-hydroxylation sites is 1. The average molecular weight is 448 g/mol. The Morgan fingerprint density at radius 1 is 1.33 bits per heavy atom. The first-order valence-electron chi connectivity index (χ1n) is 8.81. The number of hydrogen-bond acceptors (Lipinski definition) is 7. The van der Waals surface area contributed by atoms with E-state index in [4.69, 9.17) is 26.2 Å². The van der Waals surface area contributed by atoms with E-state index in [-0.39, 0.29) is 18.2 Å². The first-order valence-corrected chi connectivity index (χ1v) is 10.1. The maximum atomic E-state index is 11.8. The Kier molecular flexibility index (Phi) is 7.31. The Morgan fingerprint density at radius 2 is 2.13 bits per heavy atom. The van der Waals surface area contributed by atoms with Gasteiger partial charge in [0.15, 0.2) is 16.7 Å². The fourth-order valence-corrected chi connectivity index (χ4v) is 3.75. The molecule has 30 heavy (non-hydrogen) atoms. The molecular weight excluding hydrogens is 430 g/mol. The first kappa shape index (κ1) is 21.7. The maximum Gasteiger partial charge on any atom is 0.305 e. The molecule has 8 nitrogen and oxygen atoms in total. The lowest BCUT2D eigenvalue weighted by atomic mass is 10.2. The molecule has 2 aromatic carbocycles. The lowest BCUT2D eigenvalue weighted by Crippen LogP contribution is -2.26. The number of hydrogen-bond donors (Lipinski definition) is 2. The number of methoxy groups -OCH3 is 1. The zero-order valence-corrected chi connectivity index (χ0v) is 17.4. The van der Waals surface area contributed by atoms with Crippen molar-refractivity contribution >= 4 is 46.6 Å². The van der Waals surface area contributed by atoms with Crippen LogP contribution >= 0.6 is 23.4 Å². The number of carboxylic acid groups (broad SMARTS) is 1. The summed E-state index contributed by atoms with van der Waals surface area (Å²) in [7, 11) is 1.54. The van der Waals surface area contributed by atoms with E-state index in [1.54, 1.807) is 24.3 Å². The molecule has 2 aromatic rings. The number of carboxylic acids is 1. The number of amides is 1. The van der Waals surface area contributed by atoms with Crippen LogP contribution < -0.4 is 14.8 Å². The van der Waals surface area contributed by atoms with Gasteiger partial charge in [0.2, 0.25) is 5.91 Å². The van der Waals surface area contributed by atoms with Crippen molar-refractivity contribution in [3.8, 4) is 11.5 Å². The number of nitrogens with zero attached hydrogens (tertiary/aromatic N) is 2. The Balaban J connectivity index is 1.74. The highest BCUT2D eigenvalue weighted by Gasteiger charge is 2.32. The van der Waals surface area contributed by atoms with E-state index in [1.807, 2.05) is 18.2 Å². The largest absolute Gasteiger partial charge is 0.493 e. The molecule has 1 heterocycles. The third-order valence-corrected chi connectivity index (χ3v) is 5.29. The maximum absolute atomic E-state index is 11.8. The SMILES string of the molecule is COc1cccc(/C=N\N=C2/NC(=O)[C@@H](CC(=O)O)S2)c1OCc1cccc(Cl)c1. The van der Waals surface area contributed by atoms with Gasteiger partial charge < -0.3 is 19.9 Å². The molecule has 3 rings (SSSR count). The minimum absolute atomic E-state index is 0.242. The zero-order chi connectivity index (χ0) is 21.5. The number of nitrogens with one attached hydrogen (secondary N) is 1. The van der Waals surface area contributed by atoms with Crippen molar-refractivity contribution < 1.29 is 24.2 Å². The Bertz CT molecular complexity index is 1010. The number of amidine groups is 1. The van der Waals surface area contributed by atoms with Crippen LogP contribution in [-0.4, -0.2) is 40.7 Å². The highest BCUT2D eigenvalue weighted by molar-refractivity contribution is 8.15. The fourth-order valence-electron chi connectivity index (χ4n) is 2.62. The van der Waals surface area contributed by atoms with E-state index in [9.17, 15) is 9.59 Å². The number of benzene rings is 2. The minimum atomic E-state index is -1.05. The van der Waals surface area contributed by atoms with E-state index in [1.165, 1.54) is 13.3 Å². The number of aliphatic carboxylic acids is 1. The predicted molar refractivity (Wildman–Crippen MR) is 116 cm³/mol. The number of ether oxygens (including phenoxy) is 2. The second kappa shape index (κ2) is 10.1. The molecule has 1 amide bonds. The van der Waals surface area contributed by atoms with Gasteiger partial charge in [0.1, 0.15) is 11.9 Å². The van der Waals surface area contributed by atoms with Crippen LogP contribution in [0.3, 0.4) is 0 Å². The van der Waals surface area contributed by atoms with Crippen molar-refractivity contribution in [1.82, 2.24) is 5.32 Å². The van der Waals surface area contributed by atoms with E-state index < -0.39 is 17.1 Å². The summed E-state index contributed by atoms with van der Waals surface area (Å²) in [6, 6.07) is 12.7.